The fraction of sp³-hybridized carbons (Fsp3) is 0.933. The average molecular weight is 252 g/mol. The maximum atomic E-state index is 5.79. The third kappa shape index (κ3) is 3.98. The van der Waals surface area contributed by atoms with Gasteiger partial charge in [0.2, 0.25) is 0 Å². The van der Waals surface area contributed by atoms with Gasteiger partial charge in [0, 0.05) is 12.5 Å². The van der Waals surface area contributed by atoms with Crippen LogP contribution in [-0.2, 0) is 4.74 Å². The van der Waals surface area contributed by atoms with E-state index in [0.29, 0.717) is 17.9 Å². The molecule has 1 saturated heterocycles. The molecular weight excluding hydrogens is 224 g/mol. The number of aliphatic imine (C=N–C) groups is 1. The standard InChI is InChI=1S/C15H28N2O/c1-12(2)9-14-11-18-15(16-14)13(3)10-17-7-5-4-6-8-17/h12-14H,4-11H2,1-3H3/t13?,14-/m1/s1. The minimum absolute atomic E-state index is 0.406. The van der Waals surface area contributed by atoms with Gasteiger partial charge in [-0.1, -0.05) is 27.2 Å². The van der Waals surface area contributed by atoms with Crippen molar-refractivity contribution in [2.24, 2.45) is 16.8 Å². The van der Waals surface area contributed by atoms with Gasteiger partial charge in [0.25, 0.3) is 0 Å². The highest BCUT2D eigenvalue weighted by atomic mass is 16.5. The molecule has 2 heterocycles. The number of ether oxygens (including phenoxy) is 1. The molecule has 0 saturated carbocycles. The van der Waals surface area contributed by atoms with Gasteiger partial charge in [-0.2, -0.15) is 0 Å². The van der Waals surface area contributed by atoms with Crippen LogP contribution < -0.4 is 0 Å². The van der Waals surface area contributed by atoms with E-state index < -0.39 is 0 Å². The lowest BCUT2D eigenvalue weighted by Crippen LogP contribution is -2.35. The molecule has 2 aliphatic rings. The van der Waals surface area contributed by atoms with Crippen molar-refractivity contribution in [3.8, 4) is 0 Å². The summed E-state index contributed by atoms with van der Waals surface area (Å²) >= 11 is 0. The first kappa shape index (κ1) is 13.9. The second-order valence-electron chi connectivity index (χ2n) is 6.32. The Hall–Kier alpha value is -0.570. The zero-order chi connectivity index (χ0) is 13.0. The summed E-state index contributed by atoms with van der Waals surface area (Å²) in [5.74, 6) is 2.17. The molecular formula is C15H28N2O. The highest BCUT2D eigenvalue weighted by Gasteiger charge is 2.25. The van der Waals surface area contributed by atoms with Crippen LogP contribution in [0.3, 0.4) is 0 Å². The van der Waals surface area contributed by atoms with Crippen molar-refractivity contribution < 1.29 is 4.74 Å². The highest BCUT2D eigenvalue weighted by molar-refractivity contribution is 5.80. The molecule has 104 valence electrons. The van der Waals surface area contributed by atoms with Gasteiger partial charge in [0.1, 0.15) is 6.61 Å². The molecule has 2 atom stereocenters. The molecule has 0 amide bonds. The third-order valence-electron chi connectivity index (χ3n) is 3.88. The highest BCUT2D eigenvalue weighted by Crippen LogP contribution is 2.19. The largest absolute Gasteiger partial charge is 0.478 e. The molecule has 0 aliphatic carbocycles. The SMILES string of the molecule is CC(C)C[C@@H]1COC(C(C)CN2CCCCC2)=N1. The molecule has 0 bridgehead atoms. The van der Waals surface area contributed by atoms with Gasteiger partial charge in [-0.3, -0.25) is 0 Å². The molecule has 18 heavy (non-hydrogen) atoms. The first-order valence-corrected chi connectivity index (χ1v) is 7.58. The van der Waals surface area contributed by atoms with Crippen LogP contribution in [0.1, 0.15) is 46.5 Å². The molecule has 0 aromatic carbocycles. The number of rotatable bonds is 5. The number of piperidine rings is 1. The fourth-order valence-electron chi connectivity index (χ4n) is 2.98. The van der Waals surface area contributed by atoms with Crippen LogP contribution in [-0.4, -0.2) is 43.1 Å². The van der Waals surface area contributed by atoms with Crippen molar-refractivity contribution in [3.05, 3.63) is 0 Å². The van der Waals surface area contributed by atoms with E-state index in [4.69, 9.17) is 9.73 Å². The van der Waals surface area contributed by atoms with E-state index in [1.807, 2.05) is 0 Å². The lowest BCUT2D eigenvalue weighted by atomic mass is 10.1. The van der Waals surface area contributed by atoms with Crippen LogP contribution >= 0.6 is 0 Å². The molecule has 0 N–H and O–H groups in total. The average Bonchev–Trinajstić information content (AvgIpc) is 2.78. The second-order valence-corrected chi connectivity index (χ2v) is 6.32. The Morgan fingerprint density at radius 2 is 1.94 bits per heavy atom. The van der Waals surface area contributed by atoms with Crippen LogP contribution in [0.4, 0.5) is 0 Å². The number of hydrogen-bond donors (Lipinski definition) is 0. The van der Waals surface area contributed by atoms with Crippen molar-refractivity contribution in [2.75, 3.05) is 26.2 Å². The maximum Gasteiger partial charge on any atom is 0.187 e. The van der Waals surface area contributed by atoms with Crippen LogP contribution in [0.15, 0.2) is 4.99 Å². The number of likely N-dealkylation sites (tertiary alicyclic amines) is 1. The van der Waals surface area contributed by atoms with Gasteiger partial charge in [-0.25, -0.2) is 4.99 Å². The molecule has 0 spiro atoms. The Morgan fingerprint density at radius 1 is 1.22 bits per heavy atom. The summed E-state index contributed by atoms with van der Waals surface area (Å²) < 4.78 is 5.79. The van der Waals surface area contributed by atoms with Gasteiger partial charge in [0.05, 0.1) is 6.04 Å². The molecule has 1 fully saturated rings. The first-order valence-electron chi connectivity index (χ1n) is 7.58. The van der Waals surface area contributed by atoms with E-state index in [2.05, 4.69) is 25.7 Å². The van der Waals surface area contributed by atoms with Crippen LogP contribution in [0.2, 0.25) is 0 Å². The Morgan fingerprint density at radius 3 is 2.61 bits per heavy atom. The summed E-state index contributed by atoms with van der Waals surface area (Å²) in [5, 5.41) is 0. The van der Waals surface area contributed by atoms with E-state index in [0.717, 1.165) is 25.5 Å². The summed E-state index contributed by atoms with van der Waals surface area (Å²) in [6.07, 6.45) is 5.27. The van der Waals surface area contributed by atoms with Crippen LogP contribution in [0.5, 0.6) is 0 Å². The van der Waals surface area contributed by atoms with Gasteiger partial charge >= 0.3 is 0 Å². The molecule has 0 aromatic rings. The predicted octanol–water partition coefficient (Wildman–Crippen LogP) is 2.95. The number of hydrogen-bond acceptors (Lipinski definition) is 3. The van der Waals surface area contributed by atoms with E-state index >= 15 is 0 Å². The topological polar surface area (TPSA) is 24.8 Å². The van der Waals surface area contributed by atoms with E-state index in [-0.39, 0.29) is 0 Å². The maximum absolute atomic E-state index is 5.79. The summed E-state index contributed by atoms with van der Waals surface area (Å²) in [4.78, 5) is 7.33. The Bertz CT molecular complexity index is 282. The summed E-state index contributed by atoms with van der Waals surface area (Å²) in [5.41, 5.74) is 0. The zero-order valence-corrected chi connectivity index (χ0v) is 12.2. The van der Waals surface area contributed by atoms with Gasteiger partial charge in [0.15, 0.2) is 5.90 Å². The van der Waals surface area contributed by atoms with Crippen molar-refractivity contribution in [1.82, 2.24) is 4.90 Å². The van der Waals surface area contributed by atoms with Gasteiger partial charge in [-0.05, 0) is 38.3 Å². The quantitative estimate of drug-likeness (QED) is 0.751. The van der Waals surface area contributed by atoms with Crippen molar-refractivity contribution in [1.29, 1.82) is 0 Å². The molecule has 0 radical (unpaired) electrons. The molecule has 1 unspecified atom stereocenters. The number of nitrogens with zero attached hydrogens (tertiary/aromatic N) is 2. The smallest absolute Gasteiger partial charge is 0.187 e. The van der Waals surface area contributed by atoms with Crippen molar-refractivity contribution >= 4 is 5.90 Å². The molecule has 0 aromatic heterocycles. The third-order valence-corrected chi connectivity index (χ3v) is 3.88. The van der Waals surface area contributed by atoms with Crippen LogP contribution in [0.25, 0.3) is 0 Å². The fourth-order valence-corrected chi connectivity index (χ4v) is 2.98. The predicted molar refractivity (Wildman–Crippen MR) is 76.1 cm³/mol. The lowest BCUT2D eigenvalue weighted by molar-refractivity contribution is 0.205. The Kier molecular flexibility index (Phi) is 5.04. The Labute approximate surface area is 112 Å². The molecule has 3 heteroatoms. The first-order chi connectivity index (χ1) is 8.65. The van der Waals surface area contributed by atoms with E-state index in [1.54, 1.807) is 0 Å². The second kappa shape index (κ2) is 6.55. The van der Waals surface area contributed by atoms with Crippen molar-refractivity contribution in [3.63, 3.8) is 0 Å². The summed E-state index contributed by atoms with van der Waals surface area (Å²) in [6, 6.07) is 0.406. The normalized spacial score (nSPS) is 27.1. The van der Waals surface area contributed by atoms with Crippen molar-refractivity contribution in [2.45, 2.75) is 52.5 Å². The monoisotopic (exact) mass is 252 g/mol. The lowest BCUT2D eigenvalue weighted by Gasteiger charge is -2.28. The molecule has 3 nitrogen and oxygen atoms in total. The minimum Gasteiger partial charge on any atom is -0.478 e. The van der Waals surface area contributed by atoms with Gasteiger partial charge < -0.3 is 9.64 Å². The van der Waals surface area contributed by atoms with E-state index in [1.165, 1.54) is 32.4 Å². The van der Waals surface area contributed by atoms with Crippen LogP contribution in [0, 0.1) is 11.8 Å². The summed E-state index contributed by atoms with van der Waals surface area (Å²) in [7, 11) is 0. The summed E-state index contributed by atoms with van der Waals surface area (Å²) in [6.45, 7) is 11.2. The minimum atomic E-state index is 0.406. The zero-order valence-electron chi connectivity index (χ0n) is 12.2. The molecule has 2 aliphatic heterocycles. The Balaban J connectivity index is 1.79. The molecule has 2 rings (SSSR count). The van der Waals surface area contributed by atoms with E-state index in [9.17, 15) is 0 Å². The van der Waals surface area contributed by atoms with Gasteiger partial charge in [-0.15, -0.1) is 0 Å².